The number of hydrogen-bond donors (Lipinski definition) is 2. The van der Waals surface area contributed by atoms with Crippen LogP contribution in [0.3, 0.4) is 0 Å². The Morgan fingerprint density at radius 1 is 1.15 bits per heavy atom. The highest BCUT2D eigenvalue weighted by Crippen LogP contribution is 2.38. The van der Waals surface area contributed by atoms with E-state index in [2.05, 4.69) is 20.6 Å². The topological polar surface area (TPSA) is 84.0 Å². The molecule has 1 aliphatic carbocycles. The van der Waals surface area contributed by atoms with Crippen LogP contribution < -0.4 is 10.6 Å². The van der Waals surface area contributed by atoms with Gasteiger partial charge in [0.1, 0.15) is 5.00 Å². The SMILES string of the molecule is CC(C)Sc1ncc(Cl)c(C(=O)Nc2sc3c(c2C(=O)NCc2ccccc2)CCCC3)n1. The number of aromatic nitrogens is 2. The second-order valence-electron chi connectivity index (χ2n) is 8.05. The van der Waals surface area contributed by atoms with Gasteiger partial charge in [-0.2, -0.15) is 0 Å². The zero-order valence-electron chi connectivity index (χ0n) is 18.5. The van der Waals surface area contributed by atoms with Gasteiger partial charge in [-0.15, -0.1) is 11.3 Å². The quantitative estimate of drug-likeness (QED) is 0.318. The molecule has 0 atom stereocenters. The van der Waals surface area contributed by atoms with E-state index in [1.54, 1.807) is 0 Å². The van der Waals surface area contributed by atoms with Gasteiger partial charge in [-0.25, -0.2) is 9.97 Å². The predicted molar refractivity (Wildman–Crippen MR) is 135 cm³/mol. The number of carbonyl (C=O) groups excluding carboxylic acids is 2. The number of nitrogens with one attached hydrogen (secondary N) is 2. The second-order valence-corrected chi connectivity index (χ2v) is 11.1. The lowest BCUT2D eigenvalue weighted by Crippen LogP contribution is -2.25. The molecular formula is C24H25ClN4O2S2. The molecule has 0 radical (unpaired) electrons. The van der Waals surface area contributed by atoms with Gasteiger partial charge in [0.2, 0.25) is 0 Å². The Hall–Kier alpha value is -2.42. The number of rotatable bonds is 7. The second kappa shape index (κ2) is 10.7. The number of benzene rings is 1. The van der Waals surface area contributed by atoms with Crippen molar-refractivity contribution in [2.75, 3.05) is 5.32 Å². The van der Waals surface area contributed by atoms with E-state index in [0.29, 0.717) is 22.3 Å². The van der Waals surface area contributed by atoms with Crippen LogP contribution in [0.15, 0.2) is 41.7 Å². The molecule has 2 heterocycles. The van der Waals surface area contributed by atoms with Gasteiger partial charge in [0.15, 0.2) is 10.9 Å². The van der Waals surface area contributed by atoms with Crippen molar-refractivity contribution in [3.8, 4) is 0 Å². The Morgan fingerprint density at radius 3 is 2.67 bits per heavy atom. The number of fused-ring (bicyclic) bond motifs is 1. The molecule has 6 nitrogen and oxygen atoms in total. The molecule has 0 fully saturated rings. The number of nitrogens with zero attached hydrogens (tertiary/aromatic N) is 2. The number of amides is 2. The van der Waals surface area contributed by atoms with Crippen LogP contribution in [-0.2, 0) is 19.4 Å². The van der Waals surface area contributed by atoms with Crippen molar-refractivity contribution in [2.24, 2.45) is 0 Å². The Morgan fingerprint density at radius 2 is 1.91 bits per heavy atom. The zero-order valence-corrected chi connectivity index (χ0v) is 20.9. The molecule has 0 unspecified atom stereocenters. The van der Waals surface area contributed by atoms with Crippen molar-refractivity contribution in [3.63, 3.8) is 0 Å². The number of thioether (sulfide) groups is 1. The first-order chi connectivity index (χ1) is 15.9. The van der Waals surface area contributed by atoms with Crippen molar-refractivity contribution >= 4 is 51.5 Å². The van der Waals surface area contributed by atoms with Crippen LogP contribution >= 0.6 is 34.7 Å². The highest BCUT2D eigenvalue weighted by Gasteiger charge is 2.27. The molecule has 172 valence electrons. The van der Waals surface area contributed by atoms with E-state index in [-0.39, 0.29) is 21.9 Å². The van der Waals surface area contributed by atoms with E-state index >= 15 is 0 Å². The van der Waals surface area contributed by atoms with Crippen molar-refractivity contribution in [1.82, 2.24) is 15.3 Å². The van der Waals surface area contributed by atoms with Crippen molar-refractivity contribution in [1.29, 1.82) is 0 Å². The number of aryl methyl sites for hydroxylation is 1. The summed E-state index contributed by atoms with van der Waals surface area (Å²) in [6.07, 6.45) is 5.31. The third kappa shape index (κ3) is 5.75. The van der Waals surface area contributed by atoms with Gasteiger partial charge in [0.25, 0.3) is 11.8 Å². The minimum Gasteiger partial charge on any atom is -0.348 e. The first-order valence-electron chi connectivity index (χ1n) is 10.9. The summed E-state index contributed by atoms with van der Waals surface area (Å²) in [4.78, 5) is 36.1. The molecule has 0 bridgehead atoms. The summed E-state index contributed by atoms with van der Waals surface area (Å²) in [6, 6.07) is 9.76. The summed E-state index contributed by atoms with van der Waals surface area (Å²) in [5.41, 5.74) is 2.72. The van der Waals surface area contributed by atoms with E-state index in [4.69, 9.17) is 11.6 Å². The van der Waals surface area contributed by atoms with Gasteiger partial charge < -0.3 is 10.6 Å². The molecule has 4 rings (SSSR count). The van der Waals surface area contributed by atoms with Crippen LogP contribution in [0.4, 0.5) is 5.00 Å². The van der Waals surface area contributed by atoms with Crippen LogP contribution in [0, 0.1) is 0 Å². The maximum Gasteiger partial charge on any atom is 0.276 e. The fourth-order valence-electron chi connectivity index (χ4n) is 3.70. The van der Waals surface area contributed by atoms with Crippen LogP contribution in [-0.4, -0.2) is 27.0 Å². The standard InChI is InChI=1S/C24H25ClN4O2S2/c1-14(2)32-24-27-13-17(25)20(28-24)22(31)29-23-19(16-10-6-7-11-18(16)33-23)21(30)26-12-15-8-4-3-5-9-15/h3-5,8-9,13-14H,6-7,10-12H2,1-2H3,(H,26,30)(H,29,31). The summed E-state index contributed by atoms with van der Waals surface area (Å²) >= 11 is 9.17. The average Bonchev–Trinajstić information content (AvgIpc) is 3.17. The lowest BCUT2D eigenvalue weighted by atomic mass is 9.95. The third-order valence-electron chi connectivity index (χ3n) is 5.20. The zero-order chi connectivity index (χ0) is 23.4. The van der Waals surface area contributed by atoms with Gasteiger partial charge >= 0.3 is 0 Å². The van der Waals surface area contributed by atoms with E-state index in [1.807, 2.05) is 44.2 Å². The molecular weight excluding hydrogens is 476 g/mol. The lowest BCUT2D eigenvalue weighted by Gasteiger charge is -2.13. The molecule has 0 aliphatic heterocycles. The number of anilines is 1. The van der Waals surface area contributed by atoms with Crippen LogP contribution in [0.25, 0.3) is 0 Å². The molecule has 9 heteroatoms. The Labute approximate surface area is 206 Å². The summed E-state index contributed by atoms with van der Waals surface area (Å²) in [6.45, 7) is 4.48. The van der Waals surface area contributed by atoms with Gasteiger partial charge in [-0.05, 0) is 36.8 Å². The fraction of sp³-hybridized carbons (Fsp3) is 0.333. The summed E-state index contributed by atoms with van der Waals surface area (Å²) in [5, 5.41) is 7.41. The summed E-state index contributed by atoms with van der Waals surface area (Å²) < 4.78 is 0. The Balaban J connectivity index is 1.59. The normalized spacial score (nSPS) is 13.0. The highest BCUT2D eigenvalue weighted by molar-refractivity contribution is 7.99. The van der Waals surface area contributed by atoms with Crippen LogP contribution in [0.2, 0.25) is 5.02 Å². The van der Waals surface area contributed by atoms with Crippen LogP contribution in [0.5, 0.6) is 0 Å². The highest BCUT2D eigenvalue weighted by atomic mass is 35.5. The summed E-state index contributed by atoms with van der Waals surface area (Å²) in [5.74, 6) is -0.623. The Kier molecular flexibility index (Phi) is 7.67. The molecule has 3 aromatic rings. The molecule has 0 saturated carbocycles. The first-order valence-corrected chi connectivity index (χ1v) is 13.0. The molecule has 1 aromatic carbocycles. The molecule has 0 saturated heterocycles. The number of thiophene rings is 1. The van der Waals surface area contributed by atoms with Crippen molar-refractivity contribution in [2.45, 2.75) is 56.5 Å². The molecule has 2 aromatic heterocycles. The largest absolute Gasteiger partial charge is 0.348 e. The number of carbonyl (C=O) groups is 2. The third-order valence-corrected chi connectivity index (χ3v) is 7.56. The van der Waals surface area contributed by atoms with E-state index in [9.17, 15) is 9.59 Å². The van der Waals surface area contributed by atoms with Gasteiger partial charge in [-0.1, -0.05) is 67.5 Å². The lowest BCUT2D eigenvalue weighted by molar-refractivity contribution is 0.0951. The van der Waals surface area contributed by atoms with Gasteiger partial charge in [0.05, 0.1) is 16.8 Å². The number of halogens is 1. The van der Waals surface area contributed by atoms with Crippen molar-refractivity contribution < 1.29 is 9.59 Å². The molecule has 0 spiro atoms. The van der Waals surface area contributed by atoms with Gasteiger partial charge in [0, 0.05) is 16.7 Å². The molecule has 33 heavy (non-hydrogen) atoms. The van der Waals surface area contributed by atoms with E-state index in [1.165, 1.54) is 29.3 Å². The smallest absolute Gasteiger partial charge is 0.276 e. The minimum atomic E-state index is -0.441. The Bertz CT molecular complexity index is 1160. The van der Waals surface area contributed by atoms with E-state index in [0.717, 1.165) is 41.7 Å². The maximum absolute atomic E-state index is 13.2. The molecule has 1 aliphatic rings. The fourth-order valence-corrected chi connectivity index (χ4v) is 5.84. The predicted octanol–water partition coefficient (Wildman–Crippen LogP) is 5.75. The maximum atomic E-state index is 13.2. The van der Waals surface area contributed by atoms with Gasteiger partial charge in [-0.3, -0.25) is 9.59 Å². The number of hydrogen-bond acceptors (Lipinski definition) is 6. The monoisotopic (exact) mass is 500 g/mol. The van der Waals surface area contributed by atoms with E-state index < -0.39 is 5.91 Å². The molecule has 2 N–H and O–H groups in total. The summed E-state index contributed by atoms with van der Waals surface area (Å²) in [7, 11) is 0. The average molecular weight is 501 g/mol. The van der Waals surface area contributed by atoms with Crippen LogP contribution in [0.1, 0.15) is 63.5 Å². The minimum absolute atomic E-state index is 0.108. The first kappa shape index (κ1) is 23.7. The van der Waals surface area contributed by atoms with Crippen molar-refractivity contribution in [3.05, 3.63) is 68.8 Å². The molecule has 2 amide bonds.